The summed E-state index contributed by atoms with van der Waals surface area (Å²) in [6.07, 6.45) is 0.523. The molecule has 1 saturated heterocycles. The summed E-state index contributed by atoms with van der Waals surface area (Å²) in [5.41, 5.74) is 3.30. The molecule has 0 bridgehead atoms. The van der Waals surface area contributed by atoms with E-state index in [4.69, 9.17) is 23.7 Å². The Bertz CT molecular complexity index is 1450. The Kier molecular flexibility index (Phi) is 8.83. The van der Waals surface area contributed by atoms with Crippen LogP contribution in [-0.4, -0.2) is 74.9 Å². The Labute approximate surface area is 257 Å². The number of hydrogen-bond acceptors (Lipinski definition) is 9. The highest BCUT2D eigenvalue weighted by Crippen LogP contribution is 2.53. The van der Waals surface area contributed by atoms with Gasteiger partial charge in [0.05, 0.1) is 33.4 Å². The summed E-state index contributed by atoms with van der Waals surface area (Å²) in [6, 6.07) is 17.6. The van der Waals surface area contributed by atoms with Crippen molar-refractivity contribution < 1.29 is 38.7 Å². The third-order valence-electron chi connectivity index (χ3n) is 9.20. The number of rotatable bonds is 9. The maximum Gasteiger partial charge on any atom is 0.231 e. The average molecular weight is 605 g/mol. The van der Waals surface area contributed by atoms with Crippen molar-refractivity contribution in [1.82, 2.24) is 10.2 Å². The van der Waals surface area contributed by atoms with Gasteiger partial charge in [0.1, 0.15) is 0 Å². The first kappa shape index (κ1) is 30.1. The highest BCUT2D eigenvalue weighted by Gasteiger charge is 2.48. The van der Waals surface area contributed by atoms with Crippen LogP contribution in [0.25, 0.3) is 0 Å². The van der Waals surface area contributed by atoms with Gasteiger partial charge in [-0.05, 0) is 59.4 Å². The van der Waals surface area contributed by atoms with Crippen LogP contribution in [0.5, 0.6) is 28.7 Å². The van der Waals surface area contributed by atoms with Crippen LogP contribution in [0.15, 0.2) is 54.6 Å². The molecule has 2 heterocycles. The number of fused-ring (bicyclic) bond motifs is 2. The lowest BCUT2D eigenvalue weighted by Crippen LogP contribution is -2.50. The SMILES string of the molecule is COc1cc([C@H]2c3cc4c(cc3[C@@H](O)[C@H](CO)[C@H]2C(=O)NC2CCN(Cc3ccccc3)CC2)OCO4)cc(OC)c1OC. The molecule has 10 nitrogen and oxygen atoms in total. The first-order valence-corrected chi connectivity index (χ1v) is 15.0. The highest BCUT2D eigenvalue weighted by atomic mass is 16.7. The lowest BCUT2D eigenvalue weighted by molar-refractivity contribution is -0.132. The first-order valence-electron chi connectivity index (χ1n) is 15.0. The lowest BCUT2D eigenvalue weighted by atomic mass is 9.64. The van der Waals surface area contributed by atoms with Gasteiger partial charge in [-0.1, -0.05) is 30.3 Å². The average Bonchev–Trinajstić information content (AvgIpc) is 3.52. The van der Waals surface area contributed by atoms with E-state index in [0.717, 1.165) is 43.6 Å². The van der Waals surface area contributed by atoms with Gasteiger partial charge in [0.2, 0.25) is 18.4 Å². The van der Waals surface area contributed by atoms with Gasteiger partial charge in [0.15, 0.2) is 23.0 Å². The number of ether oxygens (including phenoxy) is 5. The third-order valence-corrected chi connectivity index (χ3v) is 9.20. The Morgan fingerprint density at radius 3 is 2.16 bits per heavy atom. The van der Waals surface area contributed by atoms with Crippen molar-refractivity contribution in [2.24, 2.45) is 11.8 Å². The zero-order valence-electron chi connectivity index (χ0n) is 25.3. The number of carbonyl (C=O) groups excluding carboxylic acids is 1. The van der Waals surface area contributed by atoms with Gasteiger partial charge in [0, 0.05) is 44.1 Å². The molecule has 234 valence electrons. The normalized spacial score (nSPS) is 23.1. The fraction of sp³-hybridized carbons (Fsp3) is 0.441. The van der Waals surface area contributed by atoms with Crippen LogP contribution in [-0.2, 0) is 11.3 Å². The molecule has 1 fully saturated rings. The van der Waals surface area contributed by atoms with Crippen LogP contribution < -0.4 is 29.0 Å². The van der Waals surface area contributed by atoms with Crippen molar-refractivity contribution >= 4 is 5.91 Å². The number of aliphatic hydroxyl groups excluding tert-OH is 2. The number of amides is 1. The fourth-order valence-corrected chi connectivity index (χ4v) is 6.97. The van der Waals surface area contributed by atoms with Crippen LogP contribution in [0.1, 0.15) is 47.1 Å². The Hall–Kier alpha value is -3.99. The van der Waals surface area contributed by atoms with E-state index in [1.54, 1.807) is 20.3 Å². The van der Waals surface area contributed by atoms with Gasteiger partial charge < -0.3 is 39.2 Å². The van der Waals surface area contributed by atoms with Crippen LogP contribution in [0.4, 0.5) is 0 Å². The number of aliphatic hydroxyl groups is 2. The van der Waals surface area contributed by atoms with Gasteiger partial charge in [-0.3, -0.25) is 9.69 Å². The molecule has 3 aliphatic rings. The molecule has 1 amide bonds. The number of likely N-dealkylation sites (tertiary alicyclic amines) is 1. The molecule has 3 N–H and O–H groups in total. The Morgan fingerprint density at radius 1 is 0.932 bits per heavy atom. The molecular formula is C34H40N2O8. The molecule has 0 aromatic heterocycles. The van der Waals surface area contributed by atoms with E-state index in [1.165, 1.54) is 12.7 Å². The third kappa shape index (κ3) is 5.65. The molecule has 3 aromatic carbocycles. The van der Waals surface area contributed by atoms with Crippen LogP contribution >= 0.6 is 0 Å². The Morgan fingerprint density at radius 2 is 1.57 bits per heavy atom. The zero-order chi connectivity index (χ0) is 30.8. The summed E-state index contributed by atoms with van der Waals surface area (Å²) in [4.78, 5) is 16.7. The summed E-state index contributed by atoms with van der Waals surface area (Å²) in [6.45, 7) is 2.28. The minimum Gasteiger partial charge on any atom is -0.493 e. The second-order valence-corrected chi connectivity index (χ2v) is 11.6. The van der Waals surface area contributed by atoms with E-state index in [1.807, 2.05) is 24.3 Å². The van der Waals surface area contributed by atoms with Gasteiger partial charge in [-0.25, -0.2) is 0 Å². The zero-order valence-corrected chi connectivity index (χ0v) is 25.3. The molecule has 0 spiro atoms. The van der Waals surface area contributed by atoms with Crippen molar-refractivity contribution in [2.75, 3.05) is 47.8 Å². The topological polar surface area (TPSA) is 119 Å². The molecule has 10 heteroatoms. The number of methoxy groups -OCH3 is 3. The van der Waals surface area contributed by atoms with E-state index < -0.39 is 23.9 Å². The van der Waals surface area contributed by atoms with Crippen molar-refractivity contribution in [3.05, 3.63) is 76.9 Å². The number of nitrogens with zero attached hydrogens (tertiary/aromatic N) is 1. The minimum absolute atomic E-state index is 0.0234. The van der Waals surface area contributed by atoms with Crippen molar-refractivity contribution in [3.63, 3.8) is 0 Å². The standard InChI is InChI=1S/C34H40N2O8/c1-40-28-13-21(14-29(41-2)33(28)42-3)30-23-15-26-27(44-19-43-26)16-24(23)32(38)25(18-37)31(30)34(39)35-22-9-11-36(12-10-22)17-20-7-5-4-6-8-20/h4-8,13-16,22,25,30-32,37-38H,9-12,17-19H2,1-3H3,(H,35,39)/t25-,30+,31-,32-/m1/s1. The number of piperidine rings is 1. The number of nitrogens with one attached hydrogen (secondary N) is 1. The molecule has 0 saturated carbocycles. The molecular weight excluding hydrogens is 564 g/mol. The van der Waals surface area contributed by atoms with Gasteiger partial charge in [0.25, 0.3) is 0 Å². The van der Waals surface area contributed by atoms with Crippen LogP contribution in [0, 0.1) is 11.8 Å². The number of carbonyl (C=O) groups is 1. The van der Waals surface area contributed by atoms with Crippen molar-refractivity contribution in [3.8, 4) is 28.7 Å². The summed E-state index contributed by atoms with van der Waals surface area (Å²) < 4.78 is 28.2. The van der Waals surface area contributed by atoms with Crippen LogP contribution in [0.2, 0.25) is 0 Å². The fourth-order valence-electron chi connectivity index (χ4n) is 6.97. The molecule has 0 radical (unpaired) electrons. The largest absolute Gasteiger partial charge is 0.493 e. The molecule has 3 aromatic rings. The monoisotopic (exact) mass is 604 g/mol. The first-order chi connectivity index (χ1) is 21.4. The molecule has 4 atom stereocenters. The van der Waals surface area contributed by atoms with Crippen LogP contribution in [0.3, 0.4) is 0 Å². The predicted molar refractivity (Wildman–Crippen MR) is 162 cm³/mol. The molecule has 2 aliphatic heterocycles. The van der Waals surface area contributed by atoms with Gasteiger partial charge >= 0.3 is 0 Å². The second-order valence-electron chi connectivity index (χ2n) is 11.6. The smallest absolute Gasteiger partial charge is 0.231 e. The summed E-state index contributed by atoms with van der Waals surface area (Å²) in [5.74, 6) is 0.0369. The molecule has 44 heavy (non-hydrogen) atoms. The summed E-state index contributed by atoms with van der Waals surface area (Å²) in [5, 5.41) is 25.5. The predicted octanol–water partition coefficient (Wildman–Crippen LogP) is 3.63. The molecule has 1 aliphatic carbocycles. The second kappa shape index (κ2) is 12.9. The van der Waals surface area contributed by atoms with Gasteiger partial charge in [-0.15, -0.1) is 0 Å². The van der Waals surface area contributed by atoms with E-state index in [9.17, 15) is 15.0 Å². The lowest BCUT2D eigenvalue weighted by Gasteiger charge is -2.42. The maximum atomic E-state index is 14.3. The molecule has 0 unspecified atom stereocenters. The highest BCUT2D eigenvalue weighted by molar-refractivity contribution is 5.82. The Balaban J connectivity index is 1.34. The summed E-state index contributed by atoms with van der Waals surface area (Å²) in [7, 11) is 4.63. The minimum atomic E-state index is -1.09. The van der Waals surface area contributed by atoms with Crippen molar-refractivity contribution in [1.29, 1.82) is 0 Å². The van der Waals surface area contributed by atoms with E-state index in [2.05, 4.69) is 34.5 Å². The van der Waals surface area contributed by atoms with E-state index >= 15 is 0 Å². The number of hydrogen-bond donors (Lipinski definition) is 3. The van der Waals surface area contributed by atoms with Gasteiger partial charge in [-0.2, -0.15) is 0 Å². The van der Waals surface area contributed by atoms with E-state index in [-0.39, 0.29) is 25.3 Å². The van der Waals surface area contributed by atoms with Crippen molar-refractivity contribution in [2.45, 2.75) is 37.5 Å². The summed E-state index contributed by atoms with van der Waals surface area (Å²) >= 11 is 0. The number of benzene rings is 3. The van der Waals surface area contributed by atoms with E-state index in [0.29, 0.717) is 34.3 Å². The molecule has 6 rings (SSSR count). The maximum absolute atomic E-state index is 14.3. The quantitative estimate of drug-likeness (QED) is 0.337.